The number of ether oxygens (including phenoxy) is 1. The predicted molar refractivity (Wildman–Crippen MR) is 63.6 cm³/mol. The summed E-state index contributed by atoms with van der Waals surface area (Å²) in [5.41, 5.74) is -0.870. The van der Waals surface area contributed by atoms with Crippen LogP contribution in [0.15, 0.2) is 0 Å². The Labute approximate surface area is 102 Å². The first-order chi connectivity index (χ1) is 8.07. The molecule has 2 heterocycles. The van der Waals surface area contributed by atoms with Crippen molar-refractivity contribution in [3.63, 3.8) is 0 Å². The quantitative estimate of drug-likeness (QED) is 0.715. The highest BCUT2D eigenvalue weighted by molar-refractivity contribution is 5.82. The van der Waals surface area contributed by atoms with Crippen LogP contribution in [0.25, 0.3) is 0 Å². The first-order valence-electron chi connectivity index (χ1n) is 6.37. The zero-order valence-electron chi connectivity index (χ0n) is 10.6. The van der Waals surface area contributed by atoms with E-state index < -0.39 is 5.60 Å². The van der Waals surface area contributed by atoms with E-state index in [1.807, 2.05) is 14.0 Å². The van der Waals surface area contributed by atoms with Crippen molar-refractivity contribution in [3.8, 4) is 0 Å². The number of aliphatic hydroxyl groups is 1. The van der Waals surface area contributed by atoms with Crippen LogP contribution in [0.3, 0.4) is 0 Å². The van der Waals surface area contributed by atoms with Crippen LogP contribution < -0.4 is 5.32 Å². The van der Waals surface area contributed by atoms with Crippen molar-refractivity contribution in [2.24, 2.45) is 0 Å². The lowest BCUT2D eigenvalue weighted by atomic mass is 9.94. The lowest BCUT2D eigenvalue weighted by molar-refractivity contribution is -0.141. The Morgan fingerprint density at radius 1 is 1.65 bits per heavy atom. The Kier molecular flexibility index (Phi) is 3.70. The standard InChI is InChI=1S/C12H22N2O3/c1-9-12(16,5-7-17-9)8-14-6-3-4-10(13-2)11(14)15/h9-10,13,16H,3-8H2,1-2H3. The Morgan fingerprint density at radius 3 is 3.00 bits per heavy atom. The van der Waals surface area contributed by atoms with Crippen molar-refractivity contribution in [2.75, 3.05) is 26.7 Å². The summed E-state index contributed by atoms with van der Waals surface area (Å²) >= 11 is 0. The lowest BCUT2D eigenvalue weighted by Crippen LogP contribution is -2.56. The summed E-state index contributed by atoms with van der Waals surface area (Å²) in [5, 5.41) is 13.5. The highest BCUT2D eigenvalue weighted by Gasteiger charge is 2.43. The van der Waals surface area contributed by atoms with Gasteiger partial charge in [0.25, 0.3) is 0 Å². The van der Waals surface area contributed by atoms with Crippen molar-refractivity contribution >= 4 is 5.91 Å². The number of carbonyl (C=O) groups is 1. The van der Waals surface area contributed by atoms with E-state index in [0.717, 1.165) is 19.4 Å². The number of likely N-dealkylation sites (tertiary alicyclic amines) is 1. The van der Waals surface area contributed by atoms with Crippen molar-refractivity contribution in [3.05, 3.63) is 0 Å². The number of carbonyl (C=O) groups excluding carboxylic acids is 1. The zero-order valence-corrected chi connectivity index (χ0v) is 10.6. The lowest BCUT2D eigenvalue weighted by Gasteiger charge is -2.37. The van der Waals surface area contributed by atoms with Crippen molar-refractivity contribution < 1.29 is 14.6 Å². The minimum atomic E-state index is -0.870. The third-order valence-corrected chi connectivity index (χ3v) is 4.00. The minimum absolute atomic E-state index is 0.0926. The summed E-state index contributed by atoms with van der Waals surface area (Å²) in [6, 6.07) is -0.0926. The number of rotatable bonds is 3. The molecule has 0 bridgehead atoms. The second kappa shape index (κ2) is 4.92. The van der Waals surface area contributed by atoms with Gasteiger partial charge in [-0.25, -0.2) is 0 Å². The van der Waals surface area contributed by atoms with Crippen molar-refractivity contribution in [1.29, 1.82) is 0 Å². The number of hydrogen-bond donors (Lipinski definition) is 2. The van der Waals surface area contributed by atoms with Crippen molar-refractivity contribution in [2.45, 2.75) is 43.9 Å². The molecule has 0 spiro atoms. The molecular formula is C12H22N2O3. The molecule has 5 heteroatoms. The molecule has 2 N–H and O–H groups in total. The van der Waals surface area contributed by atoms with Crippen LogP contribution in [-0.2, 0) is 9.53 Å². The molecule has 2 aliphatic heterocycles. The summed E-state index contributed by atoms with van der Waals surface area (Å²) in [6.07, 6.45) is 2.30. The SMILES string of the molecule is CNC1CCCN(CC2(O)CCOC2C)C1=O. The second-order valence-corrected chi connectivity index (χ2v) is 5.11. The summed E-state index contributed by atoms with van der Waals surface area (Å²) in [5.74, 6) is 0.103. The highest BCUT2D eigenvalue weighted by Crippen LogP contribution is 2.28. The Morgan fingerprint density at radius 2 is 2.41 bits per heavy atom. The Balaban J connectivity index is 2.00. The second-order valence-electron chi connectivity index (χ2n) is 5.11. The topological polar surface area (TPSA) is 61.8 Å². The van der Waals surface area contributed by atoms with Crippen LogP contribution >= 0.6 is 0 Å². The Bertz CT molecular complexity index is 297. The van der Waals surface area contributed by atoms with Crippen molar-refractivity contribution in [1.82, 2.24) is 10.2 Å². The highest BCUT2D eigenvalue weighted by atomic mass is 16.5. The molecule has 3 unspecified atom stereocenters. The molecule has 0 saturated carbocycles. The largest absolute Gasteiger partial charge is 0.385 e. The molecule has 2 saturated heterocycles. The van der Waals surface area contributed by atoms with Crippen LogP contribution in [0.5, 0.6) is 0 Å². The maximum Gasteiger partial charge on any atom is 0.239 e. The van der Waals surface area contributed by atoms with E-state index in [1.165, 1.54) is 0 Å². The van der Waals surface area contributed by atoms with Gasteiger partial charge in [0, 0.05) is 19.6 Å². The molecule has 1 amide bonds. The summed E-state index contributed by atoms with van der Waals surface area (Å²) in [4.78, 5) is 13.9. The number of amides is 1. The third-order valence-electron chi connectivity index (χ3n) is 4.00. The zero-order chi connectivity index (χ0) is 12.5. The van der Waals surface area contributed by atoms with Gasteiger partial charge in [0.15, 0.2) is 0 Å². The average molecular weight is 242 g/mol. The summed E-state index contributed by atoms with van der Waals surface area (Å²) < 4.78 is 5.39. The van der Waals surface area contributed by atoms with Gasteiger partial charge in [0.1, 0.15) is 5.60 Å². The number of nitrogens with one attached hydrogen (secondary N) is 1. The molecule has 2 fully saturated rings. The van der Waals surface area contributed by atoms with Crippen LogP contribution in [-0.4, -0.2) is 60.4 Å². The Hall–Kier alpha value is -0.650. The maximum absolute atomic E-state index is 12.1. The smallest absolute Gasteiger partial charge is 0.239 e. The molecule has 5 nitrogen and oxygen atoms in total. The van der Waals surface area contributed by atoms with E-state index in [9.17, 15) is 9.90 Å². The fourth-order valence-corrected chi connectivity index (χ4v) is 2.67. The van der Waals surface area contributed by atoms with Gasteiger partial charge in [0.05, 0.1) is 18.7 Å². The molecule has 0 aliphatic carbocycles. The molecule has 17 heavy (non-hydrogen) atoms. The molecule has 2 aliphatic rings. The van der Waals surface area contributed by atoms with Crippen LogP contribution in [0.4, 0.5) is 0 Å². The minimum Gasteiger partial charge on any atom is -0.385 e. The average Bonchev–Trinajstić information content (AvgIpc) is 2.62. The molecule has 0 radical (unpaired) electrons. The number of likely N-dealkylation sites (N-methyl/N-ethyl adjacent to an activating group) is 1. The van der Waals surface area contributed by atoms with Gasteiger partial charge in [-0.3, -0.25) is 4.79 Å². The number of nitrogens with zero attached hydrogens (tertiary/aromatic N) is 1. The summed E-state index contributed by atoms with van der Waals surface area (Å²) in [7, 11) is 1.81. The van der Waals surface area contributed by atoms with Crippen LogP contribution in [0.2, 0.25) is 0 Å². The molecule has 0 aromatic heterocycles. The molecule has 3 atom stereocenters. The number of piperidine rings is 1. The molecule has 0 aromatic rings. The van der Waals surface area contributed by atoms with Gasteiger partial charge in [-0.05, 0) is 26.8 Å². The van der Waals surface area contributed by atoms with E-state index in [-0.39, 0.29) is 18.1 Å². The first-order valence-corrected chi connectivity index (χ1v) is 6.37. The van der Waals surface area contributed by atoms with Gasteiger partial charge in [-0.2, -0.15) is 0 Å². The number of β-amino-alcohol motifs (C(OH)–C–C–N with tert-alkyl or cyclic N) is 1. The van der Waals surface area contributed by atoms with E-state index in [2.05, 4.69) is 5.32 Å². The van der Waals surface area contributed by atoms with E-state index in [1.54, 1.807) is 4.90 Å². The van der Waals surface area contributed by atoms with E-state index in [4.69, 9.17) is 4.74 Å². The molecule has 0 aromatic carbocycles. The van der Waals surface area contributed by atoms with Gasteiger partial charge >= 0.3 is 0 Å². The van der Waals surface area contributed by atoms with Crippen LogP contribution in [0.1, 0.15) is 26.2 Å². The van der Waals surface area contributed by atoms with Gasteiger partial charge in [0.2, 0.25) is 5.91 Å². The van der Waals surface area contributed by atoms with Gasteiger partial charge < -0.3 is 20.1 Å². The number of hydrogen-bond acceptors (Lipinski definition) is 4. The van der Waals surface area contributed by atoms with E-state index >= 15 is 0 Å². The third kappa shape index (κ3) is 2.46. The van der Waals surface area contributed by atoms with Gasteiger partial charge in [-0.15, -0.1) is 0 Å². The molecule has 98 valence electrons. The van der Waals surface area contributed by atoms with Gasteiger partial charge in [-0.1, -0.05) is 0 Å². The normalized spacial score (nSPS) is 38.8. The summed E-state index contributed by atoms with van der Waals surface area (Å²) in [6.45, 7) is 3.59. The molecular weight excluding hydrogens is 220 g/mol. The fourth-order valence-electron chi connectivity index (χ4n) is 2.67. The molecule has 2 rings (SSSR count). The first kappa shape index (κ1) is 12.8. The van der Waals surface area contributed by atoms with E-state index in [0.29, 0.717) is 19.6 Å². The monoisotopic (exact) mass is 242 g/mol. The van der Waals surface area contributed by atoms with Crippen LogP contribution in [0, 0.1) is 0 Å². The maximum atomic E-state index is 12.1. The fraction of sp³-hybridized carbons (Fsp3) is 0.917. The predicted octanol–water partition coefficient (Wildman–Crippen LogP) is -0.263.